The minimum atomic E-state index is -0.319. The molecule has 0 aliphatic heterocycles. The van der Waals surface area contributed by atoms with Gasteiger partial charge in [0.05, 0.1) is 4.88 Å². The summed E-state index contributed by atoms with van der Waals surface area (Å²) in [6.45, 7) is 0. The predicted octanol–water partition coefficient (Wildman–Crippen LogP) is 3.70. The molecular formula is C13H8ClN3O2S. The molecule has 1 aromatic carbocycles. The number of nitrogens with one attached hydrogen (secondary N) is 1. The summed E-state index contributed by atoms with van der Waals surface area (Å²) in [6, 6.07) is 10.4. The van der Waals surface area contributed by atoms with E-state index in [2.05, 4.69) is 15.6 Å². The van der Waals surface area contributed by atoms with Crippen LogP contribution in [0.5, 0.6) is 0 Å². The lowest BCUT2D eigenvalue weighted by atomic mass is 10.2. The summed E-state index contributed by atoms with van der Waals surface area (Å²) in [6.07, 6.45) is 0. The first kappa shape index (κ1) is 12.8. The normalized spacial score (nSPS) is 10.4. The van der Waals surface area contributed by atoms with Gasteiger partial charge in [-0.25, -0.2) is 4.63 Å². The third-order valence-electron chi connectivity index (χ3n) is 2.56. The van der Waals surface area contributed by atoms with Gasteiger partial charge in [-0.1, -0.05) is 23.7 Å². The molecule has 0 unspecified atom stereocenters. The topological polar surface area (TPSA) is 68.0 Å². The van der Waals surface area contributed by atoms with Gasteiger partial charge in [-0.15, -0.1) is 11.3 Å². The van der Waals surface area contributed by atoms with Gasteiger partial charge in [0.25, 0.3) is 5.91 Å². The first-order valence-electron chi connectivity index (χ1n) is 5.67. The second-order valence-electron chi connectivity index (χ2n) is 3.90. The van der Waals surface area contributed by atoms with E-state index in [4.69, 9.17) is 16.2 Å². The van der Waals surface area contributed by atoms with Crippen LogP contribution in [0, 0.1) is 0 Å². The molecule has 2 heterocycles. The highest BCUT2D eigenvalue weighted by Crippen LogP contribution is 2.28. The Labute approximate surface area is 123 Å². The van der Waals surface area contributed by atoms with Crippen molar-refractivity contribution in [2.24, 2.45) is 0 Å². The summed E-state index contributed by atoms with van der Waals surface area (Å²) in [7, 11) is 0. The predicted molar refractivity (Wildman–Crippen MR) is 77.0 cm³/mol. The average molecular weight is 306 g/mol. The molecule has 7 heteroatoms. The van der Waals surface area contributed by atoms with Crippen LogP contribution in [0.15, 0.2) is 46.4 Å². The molecule has 100 valence electrons. The molecule has 0 bridgehead atoms. The standard InChI is InChI=1S/C13H8ClN3O2S/c14-9-4-1-3-8(7-9)13(18)15-12-11(16-19-17-12)10-5-2-6-20-10/h1-7H,(H,15,17,18). The van der Waals surface area contributed by atoms with E-state index in [0.717, 1.165) is 4.88 Å². The zero-order valence-corrected chi connectivity index (χ0v) is 11.6. The van der Waals surface area contributed by atoms with Gasteiger partial charge in [0, 0.05) is 10.6 Å². The van der Waals surface area contributed by atoms with Gasteiger partial charge in [-0.3, -0.25) is 4.79 Å². The maximum atomic E-state index is 12.1. The van der Waals surface area contributed by atoms with E-state index < -0.39 is 0 Å². The van der Waals surface area contributed by atoms with E-state index in [0.29, 0.717) is 16.3 Å². The van der Waals surface area contributed by atoms with E-state index in [-0.39, 0.29) is 11.7 Å². The number of hydrogen-bond acceptors (Lipinski definition) is 5. The third kappa shape index (κ3) is 2.56. The average Bonchev–Trinajstić information content (AvgIpc) is 3.08. The number of carbonyl (C=O) groups is 1. The molecule has 0 spiro atoms. The van der Waals surface area contributed by atoms with Crippen molar-refractivity contribution in [2.45, 2.75) is 0 Å². The lowest BCUT2D eigenvalue weighted by Gasteiger charge is -2.02. The second kappa shape index (κ2) is 5.44. The molecular weight excluding hydrogens is 298 g/mol. The fourth-order valence-corrected chi connectivity index (χ4v) is 2.55. The summed E-state index contributed by atoms with van der Waals surface area (Å²) in [5.74, 6) is -0.0292. The summed E-state index contributed by atoms with van der Waals surface area (Å²) in [4.78, 5) is 13.0. The lowest BCUT2D eigenvalue weighted by Crippen LogP contribution is -2.12. The zero-order valence-electron chi connectivity index (χ0n) is 10.0. The number of hydrogen-bond donors (Lipinski definition) is 1. The number of carbonyl (C=O) groups excluding carboxylic acids is 1. The third-order valence-corrected chi connectivity index (χ3v) is 3.67. The van der Waals surface area contributed by atoms with E-state index in [1.54, 1.807) is 24.3 Å². The molecule has 0 atom stereocenters. The Morgan fingerprint density at radius 2 is 2.15 bits per heavy atom. The number of aromatic nitrogens is 2. The van der Waals surface area contributed by atoms with Gasteiger partial charge in [0.1, 0.15) is 0 Å². The van der Waals surface area contributed by atoms with Gasteiger partial charge >= 0.3 is 0 Å². The number of thiophene rings is 1. The summed E-state index contributed by atoms with van der Waals surface area (Å²) < 4.78 is 4.70. The lowest BCUT2D eigenvalue weighted by molar-refractivity contribution is 0.102. The number of anilines is 1. The molecule has 3 aromatic rings. The molecule has 0 fully saturated rings. The first-order chi connectivity index (χ1) is 9.74. The van der Waals surface area contributed by atoms with Crippen molar-refractivity contribution in [3.63, 3.8) is 0 Å². The van der Waals surface area contributed by atoms with Crippen molar-refractivity contribution >= 4 is 34.7 Å². The Morgan fingerprint density at radius 1 is 1.25 bits per heavy atom. The van der Waals surface area contributed by atoms with Crippen LogP contribution in [0.2, 0.25) is 5.02 Å². The minimum Gasteiger partial charge on any atom is -0.302 e. The zero-order chi connectivity index (χ0) is 13.9. The summed E-state index contributed by atoms with van der Waals surface area (Å²) >= 11 is 7.34. The summed E-state index contributed by atoms with van der Waals surface area (Å²) in [5.41, 5.74) is 0.952. The molecule has 20 heavy (non-hydrogen) atoms. The van der Waals surface area contributed by atoms with Gasteiger partial charge in [0.2, 0.25) is 5.82 Å². The Balaban J connectivity index is 1.86. The molecule has 0 aliphatic carbocycles. The van der Waals surface area contributed by atoms with Crippen LogP contribution in [0.4, 0.5) is 5.82 Å². The van der Waals surface area contributed by atoms with Crippen LogP contribution in [-0.2, 0) is 0 Å². The molecule has 2 aromatic heterocycles. The van der Waals surface area contributed by atoms with Crippen LogP contribution in [-0.4, -0.2) is 16.2 Å². The SMILES string of the molecule is O=C(Nc1nonc1-c1cccs1)c1cccc(Cl)c1. The largest absolute Gasteiger partial charge is 0.302 e. The maximum absolute atomic E-state index is 12.1. The fraction of sp³-hybridized carbons (Fsp3) is 0. The van der Waals surface area contributed by atoms with Gasteiger partial charge in [0.15, 0.2) is 5.69 Å². The Bertz CT molecular complexity index is 740. The first-order valence-corrected chi connectivity index (χ1v) is 6.93. The Kier molecular flexibility index (Phi) is 3.49. The number of halogens is 1. The molecule has 5 nitrogen and oxygen atoms in total. The number of nitrogens with zero attached hydrogens (tertiary/aromatic N) is 2. The van der Waals surface area contributed by atoms with Crippen molar-refractivity contribution in [1.29, 1.82) is 0 Å². The smallest absolute Gasteiger partial charge is 0.257 e. The quantitative estimate of drug-likeness (QED) is 0.801. The molecule has 3 rings (SSSR count). The van der Waals surface area contributed by atoms with Crippen LogP contribution < -0.4 is 5.32 Å². The van der Waals surface area contributed by atoms with Crippen LogP contribution in [0.3, 0.4) is 0 Å². The highest BCUT2D eigenvalue weighted by molar-refractivity contribution is 7.13. The molecule has 0 aliphatic rings. The van der Waals surface area contributed by atoms with Gasteiger partial charge < -0.3 is 5.32 Å². The highest BCUT2D eigenvalue weighted by atomic mass is 35.5. The van der Waals surface area contributed by atoms with Crippen molar-refractivity contribution in [3.8, 4) is 10.6 Å². The minimum absolute atomic E-state index is 0.289. The van der Waals surface area contributed by atoms with Crippen molar-refractivity contribution in [2.75, 3.05) is 5.32 Å². The Hall–Kier alpha value is -2.18. The molecule has 0 saturated carbocycles. The highest BCUT2D eigenvalue weighted by Gasteiger charge is 2.16. The molecule has 0 radical (unpaired) electrons. The second-order valence-corrected chi connectivity index (χ2v) is 5.29. The fourth-order valence-electron chi connectivity index (χ4n) is 1.65. The monoisotopic (exact) mass is 305 g/mol. The van der Waals surface area contributed by atoms with E-state index in [1.165, 1.54) is 11.3 Å². The number of benzene rings is 1. The van der Waals surface area contributed by atoms with Crippen molar-refractivity contribution < 1.29 is 9.42 Å². The van der Waals surface area contributed by atoms with Gasteiger partial charge in [-0.05, 0) is 40.0 Å². The summed E-state index contributed by atoms with van der Waals surface area (Å²) in [5, 5.41) is 12.6. The molecule has 1 amide bonds. The molecule has 0 saturated heterocycles. The van der Waals surface area contributed by atoms with Crippen LogP contribution in [0.25, 0.3) is 10.6 Å². The number of rotatable bonds is 3. The number of amides is 1. The van der Waals surface area contributed by atoms with Crippen molar-refractivity contribution in [1.82, 2.24) is 10.3 Å². The van der Waals surface area contributed by atoms with Crippen LogP contribution >= 0.6 is 22.9 Å². The van der Waals surface area contributed by atoms with Crippen LogP contribution in [0.1, 0.15) is 10.4 Å². The molecule has 1 N–H and O–H groups in total. The maximum Gasteiger partial charge on any atom is 0.257 e. The van der Waals surface area contributed by atoms with Gasteiger partial charge in [-0.2, -0.15) is 0 Å². The van der Waals surface area contributed by atoms with E-state index in [9.17, 15) is 4.79 Å². The Morgan fingerprint density at radius 3 is 2.90 bits per heavy atom. The van der Waals surface area contributed by atoms with E-state index >= 15 is 0 Å². The van der Waals surface area contributed by atoms with Crippen molar-refractivity contribution in [3.05, 3.63) is 52.4 Å². The van der Waals surface area contributed by atoms with E-state index in [1.807, 2.05) is 17.5 Å².